The van der Waals surface area contributed by atoms with Crippen LogP contribution in [0.1, 0.15) is 66.7 Å². The predicted octanol–water partition coefficient (Wildman–Crippen LogP) is 2.36. The number of benzene rings is 2. The Morgan fingerprint density at radius 3 is 2.28 bits per heavy atom. The molecule has 0 aromatic heterocycles. The van der Waals surface area contributed by atoms with E-state index in [1.54, 1.807) is 0 Å². The summed E-state index contributed by atoms with van der Waals surface area (Å²) >= 11 is 0. The van der Waals surface area contributed by atoms with E-state index in [9.17, 15) is 29.7 Å². The summed E-state index contributed by atoms with van der Waals surface area (Å²) in [6, 6.07) is 2.75. The van der Waals surface area contributed by atoms with Gasteiger partial charge in [-0.25, -0.2) is 0 Å². The number of hydrogen-bond acceptors (Lipinski definition) is 7. The van der Waals surface area contributed by atoms with Crippen molar-refractivity contribution in [3.05, 3.63) is 51.1 Å². The van der Waals surface area contributed by atoms with E-state index in [0.717, 1.165) is 0 Å². The van der Waals surface area contributed by atoms with Crippen LogP contribution in [0.15, 0.2) is 12.1 Å². The fraction of sp³-hybridized carbons (Fsp3) is 0.286. The number of carbonyl (C=O) groups excluding carboxylic acids is 3. The minimum absolute atomic E-state index is 0. The van der Waals surface area contributed by atoms with Crippen molar-refractivity contribution >= 4 is 29.8 Å². The summed E-state index contributed by atoms with van der Waals surface area (Å²) in [5, 5.41) is 31.4. The van der Waals surface area contributed by atoms with Crippen molar-refractivity contribution in [2.75, 3.05) is 7.11 Å². The largest absolute Gasteiger partial charge is 0.507 e. The molecular weight excluding hydrogens is 400 g/mol. The van der Waals surface area contributed by atoms with E-state index in [4.69, 9.17) is 4.74 Å². The summed E-state index contributed by atoms with van der Waals surface area (Å²) < 4.78 is 5.26. The second-order valence-corrected chi connectivity index (χ2v) is 7.08. The molecule has 0 saturated heterocycles. The van der Waals surface area contributed by atoms with Crippen LogP contribution in [0.3, 0.4) is 0 Å². The van der Waals surface area contributed by atoms with Crippen molar-refractivity contribution in [1.29, 1.82) is 0 Å². The maximum atomic E-state index is 13.3. The van der Waals surface area contributed by atoms with Gasteiger partial charge in [0, 0.05) is 23.1 Å². The predicted molar refractivity (Wildman–Crippen MR) is 105 cm³/mol. The minimum atomic E-state index is -0.698. The second kappa shape index (κ2) is 7.17. The second-order valence-electron chi connectivity index (χ2n) is 7.08. The quantitative estimate of drug-likeness (QED) is 0.431. The number of aliphatic hydroxyl groups excluding tert-OH is 1. The Bertz CT molecular complexity index is 1090. The van der Waals surface area contributed by atoms with Gasteiger partial charge >= 0.3 is 0 Å². The lowest BCUT2D eigenvalue weighted by molar-refractivity contribution is 0.0968. The number of ether oxygens (including phenoxy) is 1. The topological polar surface area (TPSA) is 121 Å². The van der Waals surface area contributed by atoms with Gasteiger partial charge in [0.25, 0.3) is 0 Å². The normalized spacial score (nSPS) is 17.0. The molecule has 152 valence electrons. The highest BCUT2D eigenvalue weighted by Gasteiger charge is 2.41. The monoisotopic (exact) mass is 418 g/mol. The number of Topliss-reactive ketones (excluding diaryl/α,β-unsaturated/α-hetero) is 1. The van der Waals surface area contributed by atoms with Crippen LogP contribution in [0.5, 0.6) is 17.2 Å². The van der Waals surface area contributed by atoms with Crippen LogP contribution in [0.2, 0.25) is 0 Å². The lowest BCUT2D eigenvalue weighted by atomic mass is 9.76. The fourth-order valence-corrected chi connectivity index (χ4v) is 4.15. The number of rotatable bonds is 2. The Labute approximate surface area is 172 Å². The van der Waals surface area contributed by atoms with Gasteiger partial charge in [-0.05, 0) is 31.9 Å². The molecule has 2 aromatic carbocycles. The number of halogens is 1. The number of aromatic hydroxyl groups is 2. The molecule has 8 heteroatoms. The highest BCUT2D eigenvalue weighted by Crippen LogP contribution is 2.47. The Kier molecular flexibility index (Phi) is 5.15. The molecule has 0 saturated carbocycles. The van der Waals surface area contributed by atoms with Crippen molar-refractivity contribution < 1.29 is 34.4 Å². The smallest absolute Gasteiger partial charge is 0.202 e. The molecule has 4 rings (SSSR count). The van der Waals surface area contributed by atoms with E-state index >= 15 is 0 Å². The third-order valence-corrected chi connectivity index (χ3v) is 5.49. The Morgan fingerprint density at radius 2 is 1.66 bits per heavy atom. The molecule has 0 radical (unpaired) electrons. The zero-order valence-electron chi connectivity index (χ0n) is 15.7. The molecule has 2 aliphatic carbocycles. The lowest BCUT2D eigenvalue weighted by Crippen LogP contribution is -2.26. The molecule has 0 bridgehead atoms. The summed E-state index contributed by atoms with van der Waals surface area (Å²) in [5.41, 5.74) is 0.114. The highest BCUT2D eigenvalue weighted by molar-refractivity contribution is 6.32. The van der Waals surface area contributed by atoms with Gasteiger partial charge in [-0.2, -0.15) is 0 Å². The SMILES string of the molecule is COc1c(C(C)=O)ccc2c1C(=O)c1c(O)c3c(c(O)c1C2=O)CC(O)CC3.Cl. The average Bonchev–Trinajstić information content (AvgIpc) is 2.67. The van der Waals surface area contributed by atoms with Gasteiger partial charge in [0.1, 0.15) is 17.2 Å². The first kappa shape index (κ1) is 20.8. The Morgan fingerprint density at radius 1 is 1.03 bits per heavy atom. The number of aliphatic hydroxyl groups is 1. The van der Waals surface area contributed by atoms with Gasteiger partial charge in [0.2, 0.25) is 5.78 Å². The van der Waals surface area contributed by atoms with E-state index in [-0.39, 0.29) is 81.7 Å². The number of hydrogen-bond donors (Lipinski definition) is 3. The van der Waals surface area contributed by atoms with Crippen LogP contribution in [-0.4, -0.2) is 45.9 Å². The van der Waals surface area contributed by atoms with Crippen LogP contribution in [0.25, 0.3) is 0 Å². The summed E-state index contributed by atoms with van der Waals surface area (Å²) in [6.45, 7) is 1.32. The zero-order chi connectivity index (χ0) is 20.3. The molecule has 1 atom stereocenters. The first-order chi connectivity index (χ1) is 13.3. The first-order valence-corrected chi connectivity index (χ1v) is 8.86. The molecule has 2 aromatic rings. The van der Waals surface area contributed by atoms with Crippen LogP contribution in [0, 0.1) is 0 Å². The van der Waals surface area contributed by atoms with Crippen LogP contribution >= 0.6 is 12.4 Å². The van der Waals surface area contributed by atoms with Gasteiger partial charge in [-0.3, -0.25) is 14.4 Å². The molecule has 0 heterocycles. The molecule has 0 amide bonds. The van der Waals surface area contributed by atoms with E-state index in [2.05, 4.69) is 0 Å². The standard InChI is InChI=1S/C21H18O7.ClH/c1-8(22)10-5-6-12-14(21(10)28-2)20(27)16-15(18(12)25)19(26)13-7-9(23)3-4-11(13)17(16)24;/h5-6,9,23-24,26H,3-4,7H2,1-2H3;1H. The number of phenolic OH excluding ortho intramolecular Hbond substituents is 2. The third-order valence-electron chi connectivity index (χ3n) is 5.49. The maximum absolute atomic E-state index is 13.3. The molecule has 1 unspecified atom stereocenters. The minimum Gasteiger partial charge on any atom is -0.507 e. The zero-order valence-corrected chi connectivity index (χ0v) is 16.6. The number of ketones is 3. The molecule has 0 fully saturated rings. The molecule has 7 nitrogen and oxygen atoms in total. The molecule has 0 aliphatic heterocycles. The summed E-state index contributed by atoms with van der Waals surface area (Å²) in [5.74, 6) is -2.45. The average molecular weight is 419 g/mol. The molecule has 3 N–H and O–H groups in total. The van der Waals surface area contributed by atoms with Crippen LogP contribution < -0.4 is 4.74 Å². The highest BCUT2D eigenvalue weighted by atomic mass is 35.5. The van der Waals surface area contributed by atoms with Gasteiger partial charge in [0.05, 0.1) is 35.5 Å². The van der Waals surface area contributed by atoms with Gasteiger partial charge in [-0.15, -0.1) is 12.4 Å². The summed E-state index contributed by atoms with van der Waals surface area (Å²) in [4.78, 5) is 38.3. The van der Waals surface area contributed by atoms with Gasteiger partial charge in [0.15, 0.2) is 11.6 Å². The number of phenols is 2. The van der Waals surface area contributed by atoms with E-state index in [1.165, 1.54) is 26.2 Å². The first-order valence-electron chi connectivity index (χ1n) is 8.86. The van der Waals surface area contributed by atoms with E-state index < -0.39 is 17.7 Å². The number of methoxy groups -OCH3 is 1. The van der Waals surface area contributed by atoms with Crippen molar-refractivity contribution in [1.82, 2.24) is 0 Å². The van der Waals surface area contributed by atoms with Crippen LogP contribution in [-0.2, 0) is 12.8 Å². The molecule has 2 aliphatic rings. The van der Waals surface area contributed by atoms with Crippen molar-refractivity contribution in [2.45, 2.75) is 32.3 Å². The third kappa shape index (κ3) is 2.81. The van der Waals surface area contributed by atoms with Crippen molar-refractivity contribution in [3.8, 4) is 17.2 Å². The van der Waals surface area contributed by atoms with Crippen molar-refractivity contribution in [2.24, 2.45) is 0 Å². The fourth-order valence-electron chi connectivity index (χ4n) is 4.15. The summed E-state index contributed by atoms with van der Waals surface area (Å²) in [7, 11) is 1.29. The van der Waals surface area contributed by atoms with E-state index in [0.29, 0.717) is 12.0 Å². The number of fused-ring (bicyclic) bond motifs is 3. The maximum Gasteiger partial charge on any atom is 0.202 e. The lowest BCUT2D eigenvalue weighted by Gasteiger charge is -2.28. The molecular formula is C21H19ClO7. The van der Waals surface area contributed by atoms with Crippen molar-refractivity contribution in [3.63, 3.8) is 0 Å². The number of carbonyl (C=O) groups is 3. The van der Waals surface area contributed by atoms with E-state index in [1.807, 2.05) is 0 Å². The molecule has 29 heavy (non-hydrogen) atoms. The van der Waals surface area contributed by atoms with Gasteiger partial charge < -0.3 is 20.1 Å². The summed E-state index contributed by atoms with van der Waals surface area (Å²) in [6.07, 6.45) is 0.0242. The molecule has 0 spiro atoms. The van der Waals surface area contributed by atoms with Crippen LogP contribution in [0.4, 0.5) is 0 Å². The Hall–Kier alpha value is -2.90. The van der Waals surface area contributed by atoms with Gasteiger partial charge in [-0.1, -0.05) is 0 Å². The Balaban J connectivity index is 0.00000240.